The maximum absolute atomic E-state index is 12.2. The third kappa shape index (κ3) is 4.62. The van der Waals surface area contributed by atoms with Crippen molar-refractivity contribution < 1.29 is 4.79 Å². The van der Waals surface area contributed by atoms with Gasteiger partial charge in [-0.25, -0.2) is 4.98 Å². The van der Waals surface area contributed by atoms with E-state index in [4.69, 9.17) is 0 Å². The van der Waals surface area contributed by atoms with Crippen molar-refractivity contribution in [2.45, 2.75) is 56.5 Å². The summed E-state index contributed by atoms with van der Waals surface area (Å²) in [4.78, 5) is 16.9. The Morgan fingerprint density at radius 3 is 2.79 bits per heavy atom. The minimum Gasteiger partial charge on any atom is -0.326 e. The van der Waals surface area contributed by atoms with Gasteiger partial charge in [-0.1, -0.05) is 29.5 Å². The maximum atomic E-state index is 12.2. The van der Waals surface area contributed by atoms with E-state index in [1.165, 1.54) is 29.7 Å². The predicted octanol–water partition coefficient (Wildman–Crippen LogP) is 4.41. The zero-order chi connectivity index (χ0) is 19.5. The van der Waals surface area contributed by atoms with E-state index in [0.717, 1.165) is 39.7 Å². The summed E-state index contributed by atoms with van der Waals surface area (Å²) < 4.78 is 2.21. The minimum atomic E-state index is -0.0443. The Kier molecular flexibility index (Phi) is 5.77. The number of carbonyl (C=O) groups excluding carboxylic acids is 1. The third-order valence-corrected chi connectivity index (χ3v) is 6.50. The molecular formula is C20H23N5OS2. The van der Waals surface area contributed by atoms with Crippen molar-refractivity contribution in [3.63, 3.8) is 0 Å². The van der Waals surface area contributed by atoms with Crippen molar-refractivity contribution in [3.8, 4) is 0 Å². The number of hydrogen-bond acceptors (Lipinski definition) is 6. The molecule has 1 aromatic carbocycles. The summed E-state index contributed by atoms with van der Waals surface area (Å²) >= 11 is 3.19. The van der Waals surface area contributed by atoms with E-state index in [1.54, 1.807) is 11.8 Å². The topological polar surface area (TPSA) is 72.7 Å². The van der Waals surface area contributed by atoms with E-state index in [2.05, 4.69) is 32.0 Å². The van der Waals surface area contributed by atoms with E-state index < -0.39 is 0 Å². The van der Waals surface area contributed by atoms with Crippen molar-refractivity contribution in [2.75, 3.05) is 5.32 Å². The Bertz CT molecular complexity index is 959. The van der Waals surface area contributed by atoms with Crippen LogP contribution in [0, 0.1) is 6.92 Å². The molecule has 1 aliphatic carbocycles. The molecule has 0 bridgehead atoms. The van der Waals surface area contributed by atoms with Gasteiger partial charge in [-0.15, -0.1) is 21.5 Å². The average molecular weight is 414 g/mol. The quantitative estimate of drug-likeness (QED) is 0.554. The van der Waals surface area contributed by atoms with Gasteiger partial charge < -0.3 is 9.88 Å². The fourth-order valence-electron chi connectivity index (χ4n) is 2.96. The van der Waals surface area contributed by atoms with Crippen LogP contribution in [0.3, 0.4) is 0 Å². The van der Waals surface area contributed by atoms with Crippen LogP contribution in [0.25, 0.3) is 0 Å². The van der Waals surface area contributed by atoms with Crippen LogP contribution in [0.15, 0.2) is 34.8 Å². The van der Waals surface area contributed by atoms with Crippen LogP contribution in [0.5, 0.6) is 0 Å². The van der Waals surface area contributed by atoms with Gasteiger partial charge >= 0.3 is 0 Å². The first-order valence-corrected chi connectivity index (χ1v) is 11.3. The summed E-state index contributed by atoms with van der Waals surface area (Å²) in [5.74, 6) is 2.41. The van der Waals surface area contributed by atoms with E-state index in [-0.39, 0.29) is 5.91 Å². The molecule has 8 heteroatoms. The molecule has 1 fully saturated rings. The number of aromatic nitrogens is 4. The highest BCUT2D eigenvalue weighted by molar-refractivity contribution is 7.98. The van der Waals surface area contributed by atoms with Gasteiger partial charge in [0.05, 0.1) is 12.1 Å². The Hall–Kier alpha value is -2.19. The molecule has 0 aliphatic heterocycles. The number of thioether (sulfide) groups is 1. The van der Waals surface area contributed by atoms with Crippen LogP contribution >= 0.6 is 23.1 Å². The number of hydrogen-bond donors (Lipinski definition) is 1. The Balaban J connectivity index is 1.32. The number of nitrogens with zero attached hydrogens (tertiary/aromatic N) is 4. The molecule has 0 spiro atoms. The summed E-state index contributed by atoms with van der Waals surface area (Å²) in [6.45, 7) is 5.05. The molecular weight excluding hydrogens is 390 g/mol. The van der Waals surface area contributed by atoms with Gasteiger partial charge in [-0.05, 0) is 38.8 Å². The zero-order valence-electron chi connectivity index (χ0n) is 16.0. The van der Waals surface area contributed by atoms with Gasteiger partial charge in [-0.2, -0.15) is 0 Å². The first-order chi connectivity index (χ1) is 13.6. The second kappa shape index (κ2) is 8.45. The van der Waals surface area contributed by atoms with Crippen molar-refractivity contribution in [1.29, 1.82) is 0 Å². The number of rotatable bonds is 8. The van der Waals surface area contributed by atoms with Crippen LogP contribution in [-0.4, -0.2) is 25.7 Å². The smallest absolute Gasteiger partial charge is 0.231 e. The van der Waals surface area contributed by atoms with Crippen LogP contribution < -0.4 is 5.32 Å². The number of thiazole rings is 1. The first kappa shape index (κ1) is 19.1. The third-order valence-electron chi connectivity index (χ3n) is 4.60. The highest BCUT2D eigenvalue weighted by Gasteiger charge is 2.29. The lowest BCUT2D eigenvalue weighted by molar-refractivity contribution is -0.115. The largest absolute Gasteiger partial charge is 0.326 e. The predicted molar refractivity (Wildman–Crippen MR) is 113 cm³/mol. The van der Waals surface area contributed by atoms with Crippen molar-refractivity contribution in [1.82, 2.24) is 19.7 Å². The fraction of sp³-hybridized carbons (Fsp3) is 0.400. The fourth-order valence-corrected chi connectivity index (χ4v) is 4.76. The van der Waals surface area contributed by atoms with Gasteiger partial charge in [0.15, 0.2) is 5.16 Å². The SMILES string of the molecule is CCn1c(SCc2csc(CC(=O)Nc3ccc(C)cc3)n2)nnc1C1CC1. The number of benzene rings is 1. The molecule has 0 atom stereocenters. The van der Waals surface area contributed by atoms with Crippen molar-refractivity contribution >= 4 is 34.7 Å². The monoisotopic (exact) mass is 413 g/mol. The van der Waals surface area contributed by atoms with E-state index in [9.17, 15) is 4.79 Å². The normalized spacial score (nSPS) is 13.6. The molecule has 0 unspecified atom stereocenters. The molecule has 28 heavy (non-hydrogen) atoms. The minimum absolute atomic E-state index is 0.0443. The van der Waals surface area contributed by atoms with Gasteiger partial charge in [-0.3, -0.25) is 4.79 Å². The van der Waals surface area contributed by atoms with Gasteiger partial charge in [0, 0.05) is 29.3 Å². The standard InChI is InChI=1S/C20H23N5OS2/c1-3-25-19(14-6-7-14)23-24-20(25)28-12-16-11-27-18(22-16)10-17(26)21-15-8-4-13(2)5-9-15/h4-5,8-9,11,14H,3,6-7,10,12H2,1-2H3,(H,21,26). The lowest BCUT2D eigenvalue weighted by atomic mass is 10.2. The number of carbonyl (C=O) groups is 1. The van der Waals surface area contributed by atoms with Crippen molar-refractivity contribution in [3.05, 3.63) is 51.7 Å². The van der Waals surface area contributed by atoms with Crippen LogP contribution in [-0.2, 0) is 23.5 Å². The van der Waals surface area contributed by atoms with Gasteiger partial charge in [0.2, 0.25) is 5.91 Å². The van der Waals surface area contributed by atoms with Crippen LogP contribution in [0.4, 0.5) is 5.69 Å². The summed E-state index contributed by atoms with van der Waals surface area (Å²) in [6, 6.07) is 7.80. The molecule has 3 aromatic rings. The average Bonchev–Trinajstić information content (AvgIpc) is 3.29. The van der Waals surface area contributed by atoms with Crippen molar-refractivity contribution in [2.24, 2.45) is 0 Å². The molecule has 1 aliphatic rings. The van der Waals surface area contributed by atoms with E-state index in [1.807, 2.05) is 36.6 Å². The molecule has 2 heterocycles. The Morgan fingerprint density at radius 2 is 2.07 bits per heavy atom. The summed E-state index contributed by atoms with van der Waals surface area (Å²) in [7, 11) is 0. The molecule has 1 saturated carbocycles. The molecule has 146 valence electrons. The lowest BCUT2D eigenvalue weighted by Gasteiger charge is -2.05. The summed E-state index contributed by atoms with van der Waals surface area (Å²) in [6.07, 6.45) is 2.74. The van der Waals surface area contributed by atoms with Gasteiger partial charge in [0.25, 0.3) is 0 Å². The molecule has 0 radical (unpaired) electrons. The van der Waals surface area contributed by atoms with Gasteiger partial charge in [0.1, 0.15) is 10.8 Å². The molecule has 4 rings (SSSR count). The lowest BCUT2D eigenvalue weighted by Crippen LogP contribution is -2.14. The van der Waals surface area contributed by atoms with Crippen LogP contribution in [0.1, 0.15) is 47.8 Å². The zero-order valence-corrected chi connectivity index (χ0v) is 17.6. The van der Waals surface area contributed by atoms with E-state index in [0.29, 0.717) is 12.3 Å². The van der Waals surface area contributed by atoms with E-state index >= 15 is 0 Å². The number of amides is 1. The summed E-state index contributed by atoms with van der Waals surface area (Å²) in [5, 5.41) is 15.5. The second-order valence-corrected chi connectivity index (χ2v) is 8.86. The molecule has 0 saturated heterocycles. The number of anilines is 1. The highest BCUT2D eigenvalue weighted by Crippen LogP contribution is 2.40. The first-order valence-electron chi connectivity index (χ1n) is 9.48. The highest BCUT2D eigenvalue weighted by atomic mass is 32.2. The second-order valence-electron chi connectivity index (χ2n) is 6.97. The summed E-state index contributed by atoms with van der Waals surface area (Å²) in [5.41, 5.74) is 2.96. The molecule has 1 amide bonds. The molecule has 2 aromatic heterocycles. The Morgan fingerprint density at radius 1 is 1.29 bits per heavy atom. The molecule has 6 nitrogen and oxygen atoms in total. The number of nitrogens with one attached hydrogen (secondary N) is 1. The maximum Gasteiger partial charge on any atom is 0.231 e. The number of aryl methyl sites for hydroxylation is 1. The Labute approximate surface area is 172 Å². The molecule has 1 N–H and O–H groups in total. The van der Waals surface area contributed by atoms with Crippen LogP contribution in [0.2, 0.25) is 0 Å².